The normalized spacial score (nSPS) is 17.6. The molecule has 7 nitrogen and oxygen atoms in total. The molecule has 0 aliphatic carbocycles. The molecular formula is C18H22N6OS. The fraction of sp³-hybridized carbons (Fsp3) is 0.444. The predicted octanol–water partition coefficient (Wildman–Crippen LogP) is 2.07. The van der Waals surface area contributed by atoms with Gasteiger partial charge in [0.2, 0.25) is 5.91 Å². The molecule has 0 saturated carbocycles. The molecule has 1 unspecified atom stereocenters. The van der Waals surface area contributed by atoms with E-state index in [4.69, 9.17) is 0 Å². The van der Waals surface area contributed by atoms with Gasteiger partial charge in [-0.1, -0.05) is 0 Å². The van der Waals surface area contributed by atoms with Crippen LogP contribution in [0.15, 0.2) is 35.5 Å². The molecule has 1 saturated heterocycles. The molecule has 8 heteroatoms. The van der Waals surface area contributed by atoms with Crippen LogP contribution in [0.5, 0.6) is 0 Å². The number of carbonyl (C=O) groups excluding carboxylic acids is 1. The van der Waals surface area contributed by atoms with Crippen molar-refractivity contribution in [3.63, 3.8) is 0 Å². The molecule has 0 aromatic carbocycles. The summed E-state index contributed by atoms with van der Waals surface area (Å²) in [6.07, 6.45) is 7.99. The summed E-state index contributed by atoms with van der Waals surface area (Å²) in [7, 11) is 2.01. The Labute approximate surface area is 156 Å². The number of likely N-dealkylation sites (tertiary alicyclic amines) is 1. The highest BCUT2D eigenvalue weighted by atomic mass is 32.1. The molecule has 26 heavy (non-hydrogen) atoms. The van der Waals surface area contributed by atoms with Crippen LogP contribution in [-0.2, 0) is 24.8 Å². The van der Waals surface area contributed by atoms with Gasteiger partial charge in [0.1, 0.15) is 5.82 Å². The van der Waals surface area contributed by atoms with E-state index in [1.54, 1.807) is 23.9 Å². The van der Waals surface area contributed by atoms with Gasteiger partial charge in [-0.15, -0.1) is 10.2 Å². The largest absolute Gasteiger partial charge is 0.342 e. The first kappa shape index (κ1) is 17.0. The van der Waals surface area contributed by atoms with E-state index in [1.807, 2.05) is 39.5 Å². The third kappa shape index (κ3) is 3.55. The van der Waals surface area contributed by atoms with Crippen molar-refractivity contribution in [3.05, 3.63) is 52.8 Å². The van der Waals surface area contributed by atoms with Gasteiger partial charge in [0.05, 0.1) is 19.3 Å². The van der Waals surface area contributed by atoms with Gasteiger partial charge in [0.15, 0.2) is 5.82 Å². The lowest BCUT2D eigenvalue weighted by Gasteiger charge is -2.32. The first-order valence-corrected chi connectivity index (χ1v) is 9.77. The topological polar surface area (TPSA) is 68.8 Å². The molecule has 0 radical (unpaired) electrons. The van der Waals surface area contributed by atoms with E-state index in [-0.39, 0.29) is 11.8 Å². The minimum atomic E-state index is 0.203. The summed E-state index contributed by atoms with van der Waals surface area (Å²) >= 11 is 1.63. The molecule has 4 heterocycles. The minimum absolute atomic E-state index is 0.203. The van der Waals surface area contributed by atoms with Gasteiger partial charge in [-0.25, -0.2) is 4.98 Å². The van der Waals surface area contributed by atoms with Crippen LogP contribution in [0.1, 0.15) is 36.0 Å². The van der Waals surface area contributed by atoms with Crippen molar-refractivity contribution >= 4 is 17.2 Å². The van der Waals surface area contributed by atoms with Crippen molar-refractivity contribution < 1.29 is 4.79 Å². The fourth-order valence-corrected chi connectivity index (χ4v) is 4.17. The molecule has 1 atom stereocenters. The molecule has 0 spiro atoms. The second-order valence-electron chi connectivity index (χ2n) is 6.76. The lowest BCUT2D eigenvalue weighted by Crippen LogP contribution is -2.40. The number of hydrogen-bond donors (Lipinski definition) is 0. The maximum Gasteiger partial charge on any atom is 0.227 e. The highest BCUT2D eigenvalue weighted by molar-refractivity contribution is 7.08. The van der Waals surface area contributed by atoms with E-state index in [1.165, 1.54) is 0 Å². The summed E-state index contributed by atoms with van der Waals surface area (Å²) in [6.45, 7) is 2.20. The Hall–Kier alpha value is -2.48. The number of rotatable bonds is 5. The Morgan fingerprint density at radius 2 is 2.31 bits per heavy atom. The van der Waals surface area contributed by atoms with Crippen LogP contribution in [0, 0.1) is 0 Å². The Morgan fingerprint density at radius 3 is 3.08 bits per heavy atom. The number of imidazole rings is 1. The van der Waals surface area contributed by atoms with Crippen molar-refractivity contribution in [2.45, 2.75) is 31.7 Å². The standard InChI is InChI=1S/C18H22N6OS/c1-22-16(11-23-7-5-19-13-23)20-21-18(22)15-3-2-6-24(10-15)17(25)9-14-4-8-26-12-14/h4-5,7-8,12-13,15H,2-3,6,9-11H2,1H3. The van der Waals surface area contributed by atoms with E-state index < -0.39 is 0 Å². The Morgan fingerprint density at radius 1 is 1.38 bits per heavy atom. The zero-order valence-electron chi connectivity index (χ0n) is 14.8. The number of nitrogens with zero attached hydrogens (tertiary/aromatic N) is 6. The van der Waals surface area contributed by atoms with E-state index in [0.717, 1.165) is 43.1 Å². The zero-order chi connectivity index (χ0) is 17.9. The Balaban J connectivity index is 1.44. The van der Waals surface area contributed by atoms with Gasteiger partial charge in [-0.3, -0.25) is 4.79 Å². The number of aromatic nitrogens is 5. The number of piperidine rings is 1. The molecule has 0 N–H and O–H groups in total. The average molecular weight is 370 g/mol. The third-order valence-electron chi connectivity index (χ3n) is 4.96. The molecule has 1 amide bonds. The van der Waals surface area contributed by atoms with E-state index in [2.05, 4.69) is 19.7 Å². The van der Waals surface area contributed by atoms with Crippen LogP contribution in [0.3, 0.4) is 0 Å². The van der Waals surface area contributed by atoms with Gasteiger partial charge in [0.25, 0.3) is 0 Å². The first-order valence-electron chi connectivity index (χ1n) is 8.83. The van der Waals surface area contributed by atoms with E-state index in [0.29, 0.717) is 13.0 Å². The van der Waals surface area contributed by atoms with Crippen molar-refractivity contribution in [1.82, 2.24) is 29.2 Å². The monoisotopic (exact) mass is 370 g/mol. The highest BCUT2D eigenvalue weighted by Crippen LogP contribution is 2.26. The predicted molar refractivity (Wildman–Crippen MR) is 98.9 cm³/mol. The molecule has 3 aromatic rings. The molecule has 1 fully saturated rings. The zero-order valence-corrected chi connectivity index (χ0v) is 15.6. The third-order valence-corrected chi connectivity index (χ3v) is 5.69. The second kappa shape index (κ2) is 7.41. The number of thiophene rings is 1. The van der Waals surface area contributed by atoms with E-state index >= 15 is 0 Å². The molecule has 4 rings (SSSR count). The fourth-order valence-electron chi connectivity index (χ4n) is 3.51. The number of hydrogen-bond acceptors (Lipinski definition) is 5. The summed E-state index contributed by atoms with van der Waals surface area (Å²) in [4.78, 5) is 18.7. The van der Waals surface area contributed by atoms with Crippen molar-refractivity contribution in [2.75, 3.05) is 13.1 Å². The maximum atomic E-state index is 12.6. The van der Waals surface area contributed by atoms with Crippen LogP contribution in [0.25, 0.3) is 0 Å². The summed E-state index contributed by atoms with van der Waals surface area (Å²) in [6, 6.07) is 2.02. The van der Waals surface area contributed by atoms with Crippen LogP contribution in [0.2, 0.25) is 0 Å². The van der Waals surface area contributed by atoms with Gasteiger partial charge >= 0.3 is 0 Å². The number of carbonyl (C=O) groups is 1. The minimum Gasteiger partial charge on any atom is -0.342 e. The van der Waals surface area contributed by atoms with Gasteiger partial charge in [0, 0.05) is 38.4 Å². The van der Waals surface area contributed by atoms with E-state index in [9.17, 15) is 4.79 Å². The molecule has 1 aliphatic rings. The molecule has 1 aliphatic heterocycles. The number of amides is 1. The molecule has 3 aromatic heterocycles. The molecule has 0 bridgehead atoms. The summed E-state index contributed by atoms with van der Waals surface area (Å²) < 4.78 is 4.04. The smallest absolute Gasteiger partial charge is 0.227 e. The summed E-state index contributed by atoms with van der Waals surface area (Å²) in [5, 5.41) is 12.9. The van der Waals surface area contributed by atoms with Crippen LogP contribution < -0.4 is 0 Å². The summed E-state index contributed by atoms with van der Waals surface area (Å²) in [5.74, 6) is 2.31. The van der Waals surface area contributed by atoms with Gasteiger partial charge < -0.3 is 14.0 Å². The Bertz CT molecular complexity index is 855. The lowest BCUT2D eigenvalue weighted by atomic mass is 9.96. The maximum absolute atomic E-state index is 12.6. The quantitative estimate of drug-likeness (QED) is 0.689. The first-order chi connectivity index (χ1) is 12.7. The van der Waals surface area contributed by atoms with Crippen LogP contribution in [-0.4, -0.2) is 48.2 Å². The molecule has 136 valence electrons. The highest BCUT2D eigenvalue weighted by Gasteiger charge is 2.28. The van der Waals surface area contributed by atoms with Crippen LogP contribution in [0.4, 0.5) is 0 Å². The van der Waals surface area contributed by atoms with Gasteiger partial charge in [-0.05, 0) is 35.2 Å². The summed E-state index contributed by atoms with van der Waals surface area (Å²) in [5.41, 5.74) is 1.10. The van der Waals surface area contributed by atoms with Gasteiger partial charge in [-0.2, -0.15) is 11.3 Å². The second-order valence-corrected chi connectivity index (χ2v) is 7.54. The average Bonchev–Trinajstić information content (AvgIpc) is 3.40. The van der Waals surface area contributed by atoms with Crippen LogP contribution >= 0.6 is 11.3 Å². The van der Waals surface area contributed by atoms with Crippen molar-refractivity contribution in [3.8, 4) is 0 Å². The SMILES string of the molecule is Cn1c(Cn2ccnc2)nnc1C1CCCN(C(=O)Cc2ccsc2)C1. The Kier molecular flexibility index (Phi) is 4.83. The van der Waals surface area contributed by atoms with Crippen molar-refractivity contribution in [1.29, 1.82) is 0 Å². The van der Waals surface area contributed by atoms with Crippen molar-refractivity contribution in [2.24, 2.45) is 7.05 Å². The molecular weight excluding hydrogens is 348 g/mol. The lowest BCUT2D eigenvalue weighted by molar-refractivity contribution is -0.131.